The summed E-state index contributed by atoms with van der Waals surface area (Å²) in [6.07, 6.45) is 4.93. The number of fused-ring (bicyclic) bond motifs is 3. The molecule has 0 amide bonds. The maximum atomic E-state index is 13.7. The lowest BCUT2D eigenvalue weighted by molar-refractivity contribution is 0.344. The van der Waals surface area contributed by atoms with E-state index in [1.54, 1.807) is 15.6 Å². The molecule has 0 radical (unpaired) electrons. The molecule has 186 valence electrons. The third kappa shape index (κ3) is 3.61. The summed E-state index contributed by atoms with van der Waals surface area (Å²) in [5, 5.41) is 7.40. The molecular weight excluding hydrogens is 457 g/mol. The molecule has 4 heterocycles. The molecule has 9 heteroatoms. The molecule has 0 saturated heterocycles. The Balaban J connectivity index is 1.42. The van der Waals surface area contributed by atoms with Gasteiger partial charge >= 0.3 is 0 Å². The molecule has 36 heavy (non-hydrogen) atoms. The standard InChI is InChI=1S/C27H30FN7O/c1-4-34-24(36)19-15-29-25(31-18-8-9-20-17(14-18)10-13-30-27(20)11-12-27)33-23(19)35(34)22-7-5-6-21(32-22)26(2,3)16-28/h5-9,14-15,30H,4,10-13,16H2,1-3H3,(H,29,31,33). The minimum atomic E-state index is -0.737. The maximum absolute atomic E-state index is 13.7. The molecule has 2 aliphatic rings. The van der Waals surface area contributed by atoms with E-state index in [4.69, 9.17) is 9.97 Å². The van der Waals surface area contributed by atoms with E-state index in [0.717, 1.165) is 18.7 Å². The molecule has 3 aromatic heterocycles. The van der Waals surface area contributed by atoms with Crippen molar-refractivity contribution in [2.24, 2.45) is 0 Å². The number of nitrogens with one attached hydrogen (secondary N) is 2. The summed E-state index contributed by atoms with van der Waals surface area (Å²) < 4.78 is 17.0. The highest BCUT2D eigenvalue weighted by Gasteiger charge is 2.46. The third-order valence-electron chi connectivity index (χ3n) is 7.44. The Hall–Kier alpha value is -3.59. The smallest absolute Gasteiger partial charge is 0.278 e. The van der Waals surface area contributed by atoms with Crippen molar-refractivity contribution in [2.45, 2.75) is 57.5 Å². The maximum Gasteiger partial charge on any atom is 0.278 e. The van der Waals surface area contributed by atoms with Crippen LogP contribution >= 0.6 is 0 Å². The number of halogens is 1. The van der Waals surface area contributed by atoms with Crippen molar-refractivity contribution in [3.05, 3.63) is 69.8 Å². The number of alkyl halides is 1. The van der Waals surface area contributed by atoms with Gasteiger partial charge in [-0.2, -0.15) is 4.98 Å². The van der Waals surface area contributed by atoms with Crippen molar-refractivity contribution in [2.75, 3.05) is 18.5 Å². The van der Waals surface area contributed by atoms with Crippen LogP contribution in [0, 0.1) is 0 Å². The average Bonchev–Trinajstić information content (AvgIpc) is 3.60. The Labute approximate surface area is 208 Å². The van der Waals surface area contributed by atoms with Gasteiger partial charge < -0.3 is 10.6 Å². The fourth-order valence-electron chi connectivity index (χ4n) is 5.17. The summed E-state index contributed by atoms with van der Waals surface area (Å²) in [4.78, 5) is 27.0. The SMILES string of the molecule is CCn1c(=O)c2cnc(Nc3ccc4c(c3)CCNC43CC3)nc2n1-c1cccc(C(C)(C)CF)n1. The van der Waals surface area contributed by atoms with Crippen LogP contribution in [0.1, 0.15) is 50.4 Å². The summed E-state index contributed by atoms with van der Waals surface area (Å²) in [5.41, 5.74) is 3.99. The molecule has 0 unspecified atom stereocenters. The van der Waals surface area contributed by atoms with E-state index in [0.29, 0.717) is 35.0 Å². The van der Waals surface area contributed by atoms with Crippen LogP contribution in [-0.2, 0) is 23.9 Å². The van der Waals surface area contributed by atoms with Crippen LogP contribution in [-0.4, -0.2) is 37.5 Å². The van der Waals surface area contributed by atoms with Crippen LogP contribution in [0.5, 0.6) is 0 Å². The van der Waals surface area contributed by atoms with Crippen molar-refractivity contribution in [3.8, 4) is 5.82 Å². The van der Waals surface area contributed by atoms with Crippen molar-refractivity contribution in [1.82, 2.24) is 29.6 Å². The first-order valence-corrected chi connectivity index (χ1v) is 12.5. The molecular formula is C27H30FN7O. The zero-order chi connectivity index (χ0) is 25.1. The van der Waals surface area contributed by atoms with Gasteiger partial charge in [0.25, 0.3) is 5.56 Å². The lowest BCUT2D eigenvalue weighted by Gasteiger charge is -2.27. The molecule has 1 saturated carbocycles. The van der Waals surface area contributed by atoms with Gasteiger partial charge in [-0.3, -0.25) is 9.18 Å². The molecule has 8 nitrogen and oxygen atoms in total. The van der Waals surface area contributed by atoms with Gasteiger partial charge in [-0.05, 0) is 61.6 Å². The van der Waals surface area contributed by atoms with Crippen LogP contribution in [0.2, 0.25) is 0 Å². The predicted octanol–water partition coefficient (Wildman–Crippen LogP) is 4.12. The second-order valence-electron chi connectivity index (χ2n) is 10.4. The number of aromatic nitrogens is 5. The minimum absolute atomic E-state index is 0.179. The summed E-state index contributed by atoms with van der Waals surface area (Å²) in [5.74, 6) is 0.920. The van der Waals surface area contributed by atoms with Crippen LogP contribution in [0.3, 0.4) is 0 Å². The van der Waals surface area contributed by atoms with Crippen molar-refractivity contribution < 1.29 is 4.39 Å². The molecule has 0 bridgehead atoms. The molecule has 0 atom stereocenters. The zero-order valence-corrected chi connectivity index (χ0v) is 20.8. The minimum Gasteiger partial charge on any atom is -0.324 e. The second-order valence-corrected chi connectivity index (χ2v) is 10.4. The zero-order valence-electron chi connectivity index (χ0n) is 20.8. The molecule has 1 aromatic carbocycles. The highest BCUT2D eigenvalue weighted by atomic mass is 19.1. The normalized spacial score (nSPS) is 16.3. The first-order valence-electron chi connectivity index (χ1n) is 12.5. The Bertz CT molecular complexity index is 1530. The second kappa shape index (κ2) is 8.23. The summed E-state index contributed by atoms with van der Waals surface area (Å²) in [7, 11) is 0. The van der Waals surface area contributed by atoms with Gasteiger partial charge in [-0.1, -0.05) is 26.0 Å². The Morgan fingerprint density at radius 1 is 1.19 bits per heavy atom. The first-order chi connectivity index (χ1) is 17.3. The average molecular weight is 488 g/mol. The van der Waals surface area contributed by atoms with Crippen molar-refractivity contribution in [1.29, 1.82) is 0 Å². The van der Waals surface area contributed by atoms with Crippen molar-refractivity contribution in [3.63, 3.8) is 0 Å². The number of hydrogen-bond acceptors (Lipinski definition) is 6. The Kier molecular flexibility index (Phi) is 5.22. The third-order valence-corrected chi connectivity index (χ3v) is 7.44. The van der Waals surface area contributed by atoms with Gasteiger partial charge in [0, 0.05) is 35.9 Å². The first kappa shape index (κ1) is 22.8. The largest absolute Gasteiger partial charge is 0.324 e. The van der Waals surface area contributed by atoms with Gasteiger partial charge in [0.05, 0.1) is 5.69 Å². The van der Waals surface area contributed by atoms with E-state index in [9.17, 15) is 9.18 Å². The lowest BCUT2D eigenvalue weighted by Crippen LogP contribution is -2.36. The Morgan fingerprint density at radius 2 is 2.03 bits per heavy atom. The van der Waals surface area contributed by atoms with Gasteiger partial charge in [-0.25, -0.2) is 19.3 Å². The number of nitrogens with zero attached hydrogens (tertiary/aromatic N) is 5. The van der Waals surface area contributed by atoms with E-state index in [1.165, 1.54) is 24.0 Å². The van der Waals surface area contributed by atoms with Gasteiger partial charge in [0.1, 0.15) is 12.1 Å². The van der Waals surface area contributed by atoms with E-state index in [1.807, 2.05) is 39.0 Å². The predicted molar refractivity (Wildman–Crippen MR) is 138 cm³/mol. The van der Waals surface area contributed by atoms with E-state index >= 15 is 0 Å². The molecule has 1 spiro atoms. The topological polar surface area (TPSA) is 89.7 Å². The van der Waals surface area contributed by atoms with Gasteiger partial charge in [0.15, 0.2) is 11.5 Å². The van der Waals surface area contributed by atoms with Crippen molar-refractivity contribution >= 4 is 22.7 Å². The molecule has 2 N–H and O–H groups in total. The lowest BCUT2D eigenvalue weighted by atomic mass is 9.90. The summed E-state index contributed by atoms with van der Waals surface area (Å²) in [6.45, 7) is 6.39. The number of benzene rings is 1. The van der Waals surface area contributed by atoms with E-state index in [-0.39, 0.29) is 11.1 Å². The van der Waals surface area contributed by atoms with Crippen LogP contribution in [0.4, 0.5) is 16.0 Å². The molecule has 1 aliphatic carbocycles. The van der Waals surface area contributed by atoms with Gasteiger partial charge in [-0.15, -0.1) is 0 Å². The molecule has 1 fully saturated rings. The highest BCUT2D eigenvalue weighted by Crippen LogP contribution is 2.48. The fraction of sp³-hybridized carbons (Fsp3) is 0.407. The highest BCUT2D eigenvalue weighted by molar-refractivity contribution is 5.77. The van der Waals surface area contributed by atoms with Crippen LogP contribution in [0.15, 0.2) is 47.4 Å². The van der Waals surface area contributed by atoms with Crippen LogP contribution in [0.25, 0.3) is 16.9 Å². The molecule has 1 aliphatic heterocycles. The Morgan fingerprint density at radius 3 is 2.78 bits per heavy atom. The van der Waals surface area contributed by atoms with E-state index in [2.05, 4.69) is 33.8 Å². The number of anilines is 2. The van der Waals surface area contributed by atoms with Gasteiger partial charge in [0.2, 0.25) is 5.95 Å². The quantitative estimate of drug-likeness (QED) is 0.425. The number of hydrogen-bond donors (Lipinski definition) is 2. The van der Waals surface area contributed by atoms with E-state index < -0.39 is 12.1 Å². The monoisotopic (exact) mass is 487 g/mol. The fourth-order valence-corrected chi connectivity index (χ4v) is 5.17. The number of pyridine rings is 1. The van der Waals surface area contributed by atoms with Crippen LogP contribution < -0.4 is 16.2 Å². The summed E-state index contributed by atoms with van der Waals surface area (Å²) >= 11 is 0. The number of rotatable bonds is 6. The molecule has 6 rings (SSSR count). The summed E-state index contributed by atoms with van der Waals surface area (Å²) in [6, 6.07) is 11.9. The molecule has 4 aromatic rings.